The van der Waals surface area contributed by atoms with E-state index in [4.69, 9.17) is 24.1 Å². The van der Waals surface area contributed by atoms with Crippen LogP contribution in [0.5, 0.6) is 11.5 Å². The highest BCUT2D eigenvalue weighted by Gasteiger charge is 2.21. The van der Waals surface area contributed by atoms with E-state index < -0.39 is 29.6 Å². The zero-order chi connectivity index (χ0) is 21.1. The number of hydrogen-bond acceptors (Lipinski definition) is 6. The van der Waals surface area contributed by atoms with Gasteiger partial charge >= 0.3 is 11.9 Å². The van der Waals surface area contributed by atoms with Gasteiger partial charge in [0, 0.05) is 23.8 Å². The molecular formula is C21H18O8. The SMILES string of the molecule is C[C@H](Oc1cc(O[C@H](C)C(=O)O)c2c(=O)cc(-c3ccccc3)oc2c1)C(=O)O. The van der Waals surface area contributed by atoms with E-state index in [0.29, 0.717) is 11.3 Å². The number of carboxylic acids is 2. The van der Waals surface area contributed by atoms with Crippen molar-refractivity contribution in [2.24, 2.45) is 0 Å². The smallest absolute Gasteiger partial charge is 0.344 e. The largest absolute Gasteiger partial charge is 0.479 e. The fourth-order valence-electron chi connectivity index (χ4n) is 2.63. The third-order valence-electron chi connectivity index (χ3n) is 4.14. The van der Waals surface area contributed by atoms with Gasteiger partial charge in [0.05, 0.1) is 0 Å². The second-order valence-corrected chi connectivity index (χ2v) is 6.33. The van der Waals surface area contributed by atoms with Gasteiger partial charge < -0.3 is 24.1 Å². The van der Waals surface area contributed by atoms with Crippen molar-refractivity contribution >= 4 is 22.9 Å². The molecule has 0 amide bonds. The topological polar surface area (TPSA) is 123 Å². The van der Waals surface area contributed by atoms with E-state index in [9.17, 15) is 14.4 Å². The van der Waals surface area contributed by atoms with Crippen molar-refractivity contribution in [1.29, 1.82) is 0 Å². The number of ether oxygens (including phenoxy) is 2. The fraction of sp³-hybridized carbons (Fsp3) is 0.190. The monoisotopic (exact) mass is 398 g/mol. The van der Waals surface area contributed by atoms with Gasteiger partial charge in [-0.1, -0.05) is 30.3 Å². The van der Waals surface area contributed by atoms with Crippen LogP contribution in [0.15, 0.2) is 57.7 Å². The molecule has 3 rings (SSSR count). The molecule has 0 radical (unpaired) electrons. The molecule has 1 aromatic heterocycles. The first kappa shape index (κ1) is 19.9. The minimum Gasteiger partial charge on any atom is -0.479 e. The maximum atomic E-state index is 12.8. The molecule has 2 N–H and O–H groups in total. The zero-order valence-electron chi connectivity index (χ0n) is 15.6. The minimum absolute atomic E-state index is 0.0353. The number of hydrogen-bond donors (Lipinski definition) is 2. The molecular weight excluding hydrogens is 380 g/mol. The normalized spacial score (nSPS) is 12.9. The van der Waals surface area contributed by atoms with Crippen LogP contribution in [0.4, 0.5) is 0 Å². The quantitative estimate of drug-likeness (QED) is 0.622. The third kappa shape index (κ3) is 4.37. The van der Waals surface area contributed by atoms with E-state index in [2.05, 4.69) is 0 Å². The van der Waals surface area contributed by atoms with Crippen molar-refractivity contribution in [1.82, 2.24) is 0 Å². The first-order valence-electron chi connectivity index (χ1n) is 8.72. The van der Waals surface area contributed by atoms with Crippen LogP contribution in [-0.4, -0.2) is 34.4 Å². The molecule has 0 saturated carbocycles. The van der Waals surface area contributed by atoms with Gasteiger partial charge in [-0.25, -0.2) is 9.59 Å². The van der Waals surface area contributed by atoms with Crippen molar-refractivity contribution < 1.29 is 33.7 Å². The lowest BCUT2D eigenvalue weighted by molar-refractivity contribution is -0.144. The van der Waals surface area contributed by atoms with Crippen molar-refractivity contribution in [2.45, 2.75) is 26.1 Å². The summed E-state index contributed by atoms with van der Waals surface area (Å²) in [5, 5.41) is 18.2. The van der Waals surface area contributed by atoms with Crippen LogP contribution in [0.2, 0.25) is 0 Å². The van der Waals surface area contributed by atoms with Gasteiger partial charge in [-0.05, 0) is 13.8 Å². The van der Waals surface area contributed by atoms with Crippen molar-refractivity contribution in [2.75, 3.05) is 0 Å². The van der Waals surface area contributed by atoms with Gasteiger partial charge in [0.15, 0.2) is 17.6 Å². The second kappa shape index (κ2) is 8.05. The van der Waals surface area contributed by atoms with Gasteiger partial charge in [-0.3, -0.25) is 4.79 Å². The average Bonchev–Trinajstić information content (AvgIpc) is 2.67. The van der Waals surface area contributed by atoms with E-state index in [1.807, 2.05) is 6.07 Å². The average molecular weight is 398 g/mol. The van der Waals surface area contributed by atoms with Crippen LogP contribution in [-0.2, 0) is 9.59 Å². The molecule has 0 saturated heterocycles. The number of rotatable bonds is 7. The summed E-state index contributed by atoms with van der Waals surface area (Å²) in [5.74, 6) is -2.13. The number of benzene rings is 2. The van der Waals surface area contributed by atoms with Gasteiger partial charge in [0.2, 0.25) is 0 Å². The number of aliphatic carboxylic acids is 2. The highest BCUT2D eigenvalue weighted by molar-refractivity contribution is 5.87. The summed E-state index contributed by atoms with van der Waals surface area (Å²) >= 11 is 0. The molecule has 2 aromatic carbocycles. The fourth-order valence-corrected chi connectivity index (χ4v) is 2.63. The Morgan fingerprint density at radius 2 is 1.55 bits per heavy atom. The summed E-state index contributed by atoms with van der Waals surface area (Å²) in [4.78, 5) is 35.0. The molecule has 2 atom stereocenters. The Hall–Kier alpha value is -3.81. The van der Waals surface area contributed by atoms with Crippen molar-refractivity contribution in [3.63, 3.8) is 0 Å². The summed E-state index contributed by atoms with van der Waals surface area (Å²) in [6, 6.07) is 12.9. The molecule has 0 aliphatic heterocycles. The highest BCUT2D eigenvalue weighted by atomic mass is 16.5. The standard InChI is InChI=1S/C21H18O8/c1-11(20(23)24)27-14-8-17(28-12(2)21(25)26)19-15(22)10-16(29-18(19)9-14)13-6-4-3-5-7-13/h3-12H,1-2H3,(H,23,24)(H,25,26)/t11-,12+/m0/s1. The Morgan fingerprint density at radius 1 is 0.931 bits per heavy atom. The molecule has 0 aliphatic rings. The molecule has 8 heteroatoms. The molecule has 150 valence electrons. The summed E-state index contributed by atoms with van der Waals surface area (Å²) < 4.78 is 16.6. The molecule has 1 heterocycles. The van der Waals surface area contributed by atoms with E-state index in [-0.39, 0.29) is 22.5 Å². The Labute approximate surface area is 164 Å². The molecule has 29 heavy (non-hydrogen) atoms. The first-order chi connectivity index (χ1) is 13.8. The highest BCUT2D eigenvalue weighted by Crippen LogP contribution is 2.33. The molecule has 0 bridgehead atoms. The van der Waals surface area contributed by atoms with Crippen LogP contribution < -0.4 is 14.9 Å². The predicted octanol–water partition coefficient (Wildman–Crippen LogP) is 3.16. The zero-order valence-corrected chi connectivity index (χ0v) is 15.6. The Balaban J connectivity index is 2.19. The maximum absolute atomic E-state index is 12.8. The van der Waals surface area contributed by atoms with Gasteiger partial charge in [-0.15, -0.1) is 0 Å². The van der Waals surface area contributed by atoms with Gasteiger partial charge in [-0.2, -0.15) is 0 Å². The minimum atomic E-state index is -1.25. The van der Waals surface area contributed by atoms with Crippen LogP contribution in [0.1, 0.15) is 13.8 Å². The van der Waals surface area contributed by atoms with E-state index in [1.54, 1.807) is 24.3 Å². The lowest BCUT2D eigenvalue weighted by Crippen LogP contribution is -2.24. The molecule has 0 unspecified atom stereocenters. The van der Waals surface area contributed by atoms with E-state index >= 15 is 0 Å². The molecule has 0 spiro atoms. The van der Waals surface area contributed by atoms with Gasteiger partial charge in [0.25, 0.3) is 0 Å². The van der Waals surface area contributed by atoms with E-state index in [0.717, 1.165) is 0 Å². The molecule has 8 nitrogen and oxygen atoms in total. The van der Waals surface area contributed by atoms with Crippen LogP contribution in [0.3, 0.4) is 0 Å². The van der Waals surface area contributed by atoms with Crippen molar-refractivity contribution in [3.8, 4) is 22.8 Å². The summed E-state index contributed by atoms with van der Waals surface area (Å²) in [6.07, 6.45) is -2.43. The summed E-state index contributed by atoms with van der Waals surface area (Å²) in [5.41, 5.74) is 0.313. The lowest BCUT2D eigenvalue weighted by atomic mass is 10.1. The lowest BCUT2D eigenvalue weighted by Gasteiger charge is -2.16. The molecule has 0 aliphatic carbocycles. The first-order valence-corrected chi connectivity index (χ1v) is 8.72. The van der Waals surface area contributed by atoms with Crippen LogP contribution in [0, 0.1) is 0 Å². The third-order valence-corrected chi connectivity index (χ3v) is 4.14. The van der Waals surface area contributed by atoms with E-state index in [1.165, 1.54) is 32.0 Å². The molecule has 3 aromatic rings. The predicted molar refractivity (Wildman–Crippen MR) is 103 cm³/mol. The maximum Gasteiger partial charge on any atom is 0.344 e. The summed E-state index contributed by atoms with van der Waals surface area (Å²) in [7, 11) is 0. The Morgan fingerprint density at radius 3 is 2.17 bits per heavy atom. The number of carbonyl (C=O) groups is 2. The summed E-state index contributed by atoms with van der Waals surface area (Å²) in [6.45, 7) is 2.64. The van der Waals surface area contributed by atoms with Crippen molar-refractivity contribution in [3.05, 3.63) is 58.8 Å². The Bertz CT molecular complexity index is 1120. The van der Waals surface area contributed by atoms with Crippen LogP contribution >= 0.6 is 0 Å². The number of carboxylic acid groups (broad SMARTS) is 2. The second-order valence-electron chi connectivity index (χ2n) is 6.33. The van der Waals surface area contributed by atoms with Crippen LogP contribution in [0.25, 0.3) is 22.3 Å². The Kier molecular flexibility index (Phi) is 5.54. The number of fused-ring (bicyclic) bond motifs is 1. The van der Waals surface area contributed by atoms with Gasteiger partial charge in [0.1, 0.15) is 28.2 Å². The molecule has 0 fully saturated rings.